The molecule has 1 fully saturated rings. The molecule has 1 aliphatic heterocycles. The van der Waals surface area contributed by atoms with E-state index in [2.05, 4.69) is 53.3 Å². The molecule has 2 aliphatic rings. The van der Waals surface area contributed by atoms with Gasteiger partial charge in [0.25, 0.3) is 0 Å². The van der Waals surface area contributed by atoms with E-state index in [-0.39, 0.29) is 24.5 Å². The van der Waals surface area contributed by atoms with Crippen LogP contribution in [0.5, 0.6) is 0 Å². The van der Waals surface area contributed by atoms with Crippen molar-refractivity contribution in [2.45, 2.75) is 44.2 Å². The minimum atomic E-state index is -0.138. The number of carbonyl (C=O) groups is 1. The molecule has 1 aromatic heterocycles. The van der Waals surface area contributed by atoms with Crippen LogP contribution in [0.3, 0.4) is 0 Å². The number of aryl methyl sites for hydroxylation is 1. The molecule has 26 heavy (non-hydrogen) atoms. The average molecular weight is 355 g/mol. The van der Waals surface area contributed by atoms with Crippen molar-refractivity contribution in [1.29, 1.82) is 0 Å². The van der Waals surface area contributed by atoms with E-state index in [1.54, 1.807) is 0 Å². The first-order valence-corrected chi connectivity index (χ1v) is 9.71. The third kappa shape index (κ3) is 2.74. The number of likely N-dealkylation sites (N-methyl/N-ethyl adjacent to an activating group) is 1. The van der Waals surface area contributed by atoms with Crippen LogP contribution in [0.25, 0.3) is 10.9 Å². The third-order valence-electron chi connectivity index (χ3n) is 6.46. The molecule has 4 rings (SSSR count). The number of benzene rings is 1. The molecule has 0 radical (unpaired) electrons. The summed E-state index contributed by atoms with van der Waals surface area (Å²) in [6.07, 6.45) is 4.96. The van der Waals surface area contributed by atoms with Crippen molar-refractivity contribution < 1.29 is 9.90 Å². The van der Waals surface area contributed by atoms with Crippen molar-refractivity contribution in [1.82, 2.24) is 14.8 Å². The first-order valence-electron chi connectivity index (χ1n) is 9.71. The van der Waals surface area contributed by atoms with Crippen molar-refractivity contribution in [3.63, 3.8) is 0 Å². The van der Waals surface area contributed by atoms with Crippen molar-refractivity contribution in [2.75, 3.05) is 20.2 Å². The Morgan fingerprint density at radius 3 is 2.92 bits per heavy atom. The fourth-order valence-corrected chi connectivity index (χ4v) is 5.00. The molecular formula is C21H29N3O2. The molecular weight excluding hydrogens is 326 g/mol. The van der Waals surface area contributed by atoms with E-state index in [1.165, 1.54) is 22.0 Å². The Bertz CT molecular complexity index is 824. The standard InChI is InChI=1S/C21H29N3O2/c1-4-15(12-25)22-21(26)14-8-17-16-6-5-7-18-20(16)13(10-23(18)2)9-19(17)24(3)11-14/h5-7,10,14-15,17,19,25H,4,8-9,11-12H2,1-3H3,(H,22,26). The summed E-state index contributed by atoms with van der Waals surface area (Å²) in [5.41, 5.74) is 4.12. The Labute approximate surface area is 155 Å². The van der Waals surface area contributed by atoms with Gasteiger partial charge in [-0.1, -0.05) is 19.1 Å². The smallest absolute Gasteiger partial charge is 0.224 e. The first kappa shape index (κ1) is 17.6. The van der Waals surface area contributed by atoms with Gasteiger partial charge in [-0.05, 0) is 43.5 Å². The van der Waals surface area contributed by atoms with Crippen LogP contribution in [-0.2, 0) is 18.3 Å². The lowest BCUT2D eigenvalue weighted by atomic mass is 9.72. The number of nitrogens with one attached hydrogen (secondary N) is 1. The molecule has 1 saturated heterocycles. The number of carbonyl (C=O) groups excluding carboxylic acids is 1. The highest BCUT2D eigenvalue weighted by Gasteiger charge is 2.41. The summed E-state index contributed by atoms with van der Waals surface area (Å²) in [6, 6.07) is 6.90. The molecule has 2 aromatic rings. The summed E-state index contributed by atoms with van der Waals surface area (Å²) < 4.78 is 2.22. The maximum atomic E-state index is 12.8. The summed E-state index contributed by atoms with van der Waals surface area (Å²) in [6.45, 7) is 2.78. The molecule has 5 heteroatoms. The van der Waals surface area contributed by atoms with E-state index in [0.717, 1.165) is 25.8 Å². The monoisotopic (exact) mass is 355 g/mol. The van der Waals surface area contributed by atoms with Crippen LogP contribution in [-0.4, -0.2) is 52.8 Å². The largest absolute Gasteiger partial charge is 0.394 e. The molecule has 140 valence electrons. The van der Waals surface area contributed by atoms with Crippen molar-refractivity contribution in [3.8, 4) is 0 Å². The van der Waals surface area contributed by atoms with E-state index in [9.17, 15) is 9.90 Å². The van der Waals surface area contributed by atoms with E-state index < -0.39 is 0 Å². The SMILES string of the molecule is CCC(CO)NC(=O)C1CC2c3cccc4c3c(cn4C)CC2N(C)C1. The van der Waals surface area contributed by atoms with Gasteiger partial charge in [0.1, 0.15) is 0 Å². The molecule has 0 spiro atoms. The highest BCUT2D eigenvalue weighted by molar-refractivity contribution is 5.89. The van der Waals surface area contributed by atoms with Crippen LogP contribution < -0.4 is 5.32 Å². The fourth-order valence-electron chi connectivity index (χ4n) is 5.00. The number of nitrogens with zero attached hydrogens (tertiary/aromatic N) is 2. The summed E-state index contributed by atoms with van der Waals surface area (Å²) in [7, 11) is 4.26. The molecule has 4 atom stereocenters. The maximum Gasteiger partial charge on any atom is 0.224 e. The Kier molecular flexibility index (Phi) is 4.53. The van der Waals surface area contributed by atoms with E-state index in [4.69, 9.17) is 0 Å². The number of aliphatic hydroxyl groups excluding tert-OH is 1. The second-order valence-electron chi connectivity index (χ2n) is 8.05. The number of aromatic nitrogens is 1. The quantitative estimate of drug-likeness (QED) is 0.882. The van der Waals surface area contributed by atoms with Crippen LogP contribution >= 0.6 is 0 Å². The predicted octanol–water partition coefficient (Wildman–Crippen LogP) is 2.03. The van der Waals surface area contributed by atoms with Crippen LogP contribution in [0.1, 0.15) is 36.8 Å². The van der Waals surface area contributed by atoms with Crippen LogP contribution in [0.4, 0.5) is 0 Å². The van der Waals surface area contributed by atoms with Crippen molar-refractivity contribution in [2.24, 2.45) is 13.0 Å². The third-order valence-corrected chi connectivity index (χ3v) is 6.46. The Hall–Kier alpha value is -1.85. The van der Waals surface area contributed by atoms with Gasteiger partial charge in [0.05, 0.1) is 18.6 Å². The molecule has 2 heterocycles. The van der Waals surface area contributed by atoms with Crippen LogP contribution in [0.2, 0.25) is 0 Å². The first-order chi connectivity index (χ1) is 12.5. The van der Waals surface area contributed by atoms with Gasteiger partial charge in [-0.15, -0.1) is 0 Å². The number of piperidine rings is 1. The summed E-state index contributed by atoms with van der Waals surface area (Å²) >= 11 is 0. The number of likely N-dealkylation sites (tertiary alicyclic amines) is 1. The molecule has 2 N–H and O–H groups in total. The number of hydrogen-bond acceptors (Lipinski definition) is 3. The number of hydrogen-bond donors (Lipinski definition) is 2. The Morgan fingerprint density at radius 1 is 1.38 bits per heavy atom. The van der Waals surface area contributed by atoms with Crippen LogP contribution in [0.15, 0.2) is 24.4 Å². The predicted molar refractivity (Wildman–Crippen MR) is 103 cm³/mol. The summed E-state index contributed by atoms with van der Waals surface area (Å²) in [5.74, 6) is 0.446. The fraction of sp³-hybridized carbons (Fsp3) is 0.571. The van der Waals surface area contributed by atoms with Crippen molar-refractivity contribution in [3.05, 3.63) is 35.5 Å². The molecule has 1 amide bonds. The van der Waals surface area contributed by atoms with Gasteiger partial charge in [0, 0.05) is 42.7 Å². The lowest BCUT2D eigenvalue weighted by Gasteiger charge is -2.45. The molecule has 1 aliphatic carbocycles. The van der Waals surface area contributed by atoms with E-state index in [1.807, 2.05) is 6.92 Å². The number of fused-ring (bicyclic) bond motifs is 2. The summed E-state index contributed by atoms with van der Waals surface area (Å²) in [4.78, 5) is 15.2. The Morgan fingerprint density at radius 2 is 2.19 bits per heavy atom. The Balaban J connectivity index is 1.64. The zero-order valence-electron chi connectivity index (χ0n) is 15.9. The average Bonchev–Trinajstić information content (AvgIpc) is 2.97. The number of rotatable bonds is 4. The van der Waals surface area contributed by atoms with Gasteiger partial charge < -0.3 is 19.9 Å². The van der Waals surface area contributed by atoms with Gasteiger partial charge in [0.15, 0.2) is 0 Å². The molecule has 1 aromatic carbocycles. The lowest BCUT2D eigenvalue weighted by molar-refractivity contribution is -0.128. The van der Waals surface area contributed by atoms with Gasteiger partial charge in [-0.2, -0.15) is 0 Å². The van der Waals surface area contributed by atoms with Crippen LogP contribution in [0, 0.1) is 5.92 Å². The second kappa shape index (κ2) is 6.71. The molecule has 4 unspecified atom stereocenters. The zero-order valence-corrected chi connectivity index (χ0v) is 15.9. The molecule has 0 saturated carbocycles. The number of amides is 1. The normalized spacial score (nSPS) is 26.5. The molecule has 5 nitrogen and oxygen atoms in total. The highest BCUT2D eigenvalue weighted by Crippen LogP contribution is 2.44. The maximum absolute atomic E-state index is 12.8. The highest BCUT2D eigenvalue weighted by atomic mass is 16.3. The topological polar surface area (TPSA) is 57.5 Å². The zero-order chi connectivity index (χ0) is 18.4. The second-order valence-corrected chi connectivity index (χ2v) is 8.05. The van der Waals surface area contributed by atoms with Gasteiger partial charge in [-0.3, -0.25) is 4.79 Å². The minimum absolute atomic E-state index is 0.00351. The van der Waals surface area contributed by atoms with Gasteiger partial charge >= 0.3 is 0 Å². The lowest BCUT2D eigenvalue weighted by Crippen LogP contribution is -2.52. The van der Waals surface area contributed by atoms with Crippen molar-refractivity contribution >= 4 is 16.8 Å². The van der Waals surface area contributed by atoms with E-state index >= 15 is 0 Å². The van der Waals surface area contributed by atoms with E-state index in [0.29, 0.717) is 12.0 Å². The minimum Gasteiger partial charge on any atom is -0.394 e. The van der Waals surface area contributed by atoms with Gasteiger partial charge in [0.2, 0.25) is 5.91 Å². The summed E-state index contributed by atoms with van der Waals surface area (Å²) in [5, 5.41) is 13.8. The number of aliphatic hydroxyl groups is 1. The molecule has 0 bridgehead atoms. The van der Waals surface area contributed by atoms with Gasteiger partial charge in [-0.25, -0.2) is 0 Å².